The molecule has 24 heavy (non-hydrogen) atoms. The molecule has 0 unspecified atom stereocenters. The fourth-order valence-electron chi connectivity index (χ4n) is 2.06. The molecule has 0 saturated heterocycles. The predicted octanol–water partition coefficient (Wildman–Crippen LogP) is 1.56. The third-order valence-corrected chi connectivity index (χ3v) is 3.34. The summed E-state index contributed by atoms with van der Waals surface area (Å²) in [6, 6.07) is 12.1. The van der Waals surface area contributed by atoms with E-state index in [1.54, 1.807) is 30.3 Å². The van der Waals surface area contributed by atoms with Crippen LogP contribution in [0.15, 0.2) is 42.5 Å². The van der Waals surface area contributed by atoms with Crippen LogP contribution in [0.2, 0.25) is 0 Å². The molecule has 2 amide bonds. The molecule has 0 radical (unpaired) electrons. The van der Waals surface area contributed by atoms with Crippen LogP contribution < -0.4 is 25.1 Å². The van der Waals surface area contributed by atoms with E-state index in [0.29, 0.717) is 22.8 Å². The predicted molar refractivity (Wildman–Crippen MR) is 84.8 cm³/mol. The molecule has 1 aliphatic rings. The van der Waals surface area contributed by atoms with Crippen LogP contribution in [0.4, 0.5) is 0 Å². The van der Waals surface area contributed by atoms with Crippen molar-refractivity contribution in [1.29, 1.82) is 0 Å². The second-order valence-electron chi connectivity index (χ2n) is 5.17. The van der Waals surface area contributed by atoms with Crippen molar-refractivity contribution in [2.24, 2.45) is 0 Å². The van der Waals surface area contributed by atoms with E-state index in [0.717, 1.165) is 5.56 Å². The van der Waals surface area contributed by atoms with Crippen LogP contribution in [-0.4, -0.2) is 25.2 Å². The largest absolute Gasteiger partial charge is 0.484 e. The number of fused-ring (bicyclic) bond motifs is 1. The molecule has 2 aromatic carbocycles. The van der Waals surface area contributed by atoms with Crippen molar-refractivity contribution in [2.75, 3.05) is 13.4 Å². The van der Waals surface area contributed by atoms with Gasteiger partial charge in [0, 0.05) is 5.56 Å². The molecular weight excluding hydrogens is 312 g/mol. The van der Waals surface area contributed by atoms with Gasteiger partial charge in [0.2, 0.25) is 6.79 Å². The molecule has 1 aliphatic heterocycles. The second-order valence-corrected chi connectivity index (χ2v) is 5.17. The lowest BCUT2D eigenvalue weighted by Crippen LogP contribution is -2.43. The van der Waals surface area contributed by atoms with Gasteiger partial charge in [0.25, 0.3) is 11.8 Å². The molecule has 2 N–H and O–H groups in total. The summed E-state index contributed by atoms with van der Waals surface area (Å²) in [5.41, 5.74) is 6.06. The van der Waals surface area contributed by atoms with E-state index in [1.165, 1.54) is 0 Å². The van der Waals surface area contributed by atoms with Gasteiger partial charge in [-0.2, -0.15) is 0 Å². The van der Waals surface area contributed by atoms with Gasteiger partial charge in [0.15, 0.2) is 18.1 Å². The van der Waals surface area contributed by atoms with Gasteiger partial charge >= 0.3 is 0 Å². The smallest absolute Gasteiger partial charge is 0.276 e. The Morgan fingerprint density at radius 1 is 1.04 bits per heavy atom. The number of hydrogen-bond donors (Lipinski definition) is 2. The lowest BCUT2D eigenvalue weighted by atomic mass is 10.2. The highest BCUT2D eigenvalue weighted by Gasteiger charge is 2.16. The van der Waals surface area contributed by atoms with Crippen molar-refractivity contribution in [3.8, 4) is 17.2 Å². The molecule has 124 valence electrons. The first-order chi connectivity index (χ1) is 11.6. The highest BCUT2D eigenvalue weighted by atomic mass is 16.7. The highest BCUT2D eigenvalue weighted by Crippen LogP contribution is 2.32. The zero-order chi connectivity index (χ0) is 16.9. The first-order valence-corrected chi connectivity index (χ1v) is 7.30. The van der Waals surface area contributed by atoms with E-state index in [1.807, 2.05) is 19.1 Å². The third-order valence-electron chi connectivity index (χ3n) is 3.34. The van der Waals surface area contributed by atoms with Crippen LogP contribution in [0.3, 0.4) is 0 Å². The molecule has 2 aromatic rings. The van der Waals surface area contributed by atoms with Gasteiger partial charge in [-0.15, -0.1) is 0 Å². The van der Waals surface area contributed by atoms with Gasteiger partial charge < -0.3 is 14.2 Å². The number of ether oxygens (including phenoxy) is 3. The van der Waals surface area contributed by atoms with Gasteiger partial charge in [-0.3, -0.25) is 20.4 Å². The molecular formula is C17H16N2O5. The van der Waals surface area contributed by atoms with E-state index in [2.05, 4.69) is 10.9 Å². The van der Waals surface area contributed by atoms with Crippen molar-refractivity contribution < 1.29 is 23.8 Å². The molecule has 7 heteroatoms. The Morgan fingerprint density at radius 2 is 1.79 bits per heavy atom. The number of aryl methyl sites for hydroxylation is 1. The minimum atomic E-state index is -0.468. The quantitative estimate of drug-likeness (QED) is 0.832. The minimum absolute atomic E-state index is 0.132. The van der Waals surface area contributed by atoms with E-state index in [4.69, 9.17) is 14.2 Å². The minimum Gasteiger partial charge on any atom is -0.484 e. The zero-order valence-electron chi connectivity index (χ0n) is 13.0. The molecule has 0 aliphatic carbocycles. The number of carbonyl (C=O) groups is 2. The van der Waals surface area contributed by atoms with Gasteiger partial charge in [-0.1, -0.05) is 17.7 Å². The van der Waals surface area contributed by atoms with Crippen LogP contribution >= 0.6 is 0 Å². The highest BCUT2D eigenvalue weighted by molar-refractivity contribution is 5.96. The van der Waals surface area contributed by atoms with Gasteiger partial charge in [-0.05, 0) is 37.3 Å². The van der Waals surface area contributed by atoms with Crippen LogP contribution in [-0.2, 0) is 4.79 Å². The van der Waals surface area contributed by atoms with Crippen molar-refractivity contribution in [3.63, 3.8) is 0 Å². The topological polar surface area (TPSA) is 85.9 Å². The summed E-state index contributed by atoms with van der Waals surface area (Å²) in [5, 5.41) is 0. The molecule has 0 saturated carbocycles. The number of hydrogen-bond acceptors (Lipinski definition) is 5. The molecule has 0 aromatic heterocycles. The molecule has 0 fully saturated rings. The van der Waals surface area contributed by atoms with Gasteiger partial charge in [0.1, 0.15) is 5.75 Å². The second kappa shape index (κ2) is 6.91. The number of hydrazine groups is 1. The van der Waals surface area contributed by atoms with Gasteiger partial charge in [0.05, 0.1) is 0 Å². The third kappa shape index (κ3) is 3.75. The normalized spacial score (nSPS) is 11.7. The first-order valence-electron chi connectivity index (χ1n) is 7.30. The van der Waals surface area contributed by atoms with E-state index >= 15 is 0 Å². The molecule has 3 rings (SSSR count). The Morgan fingerprint density at radius 3 is 2.58 bits per heavy atom. The lowest BCUT2D eigenvalue weighted by Gasteiger charge is -2.09. The van der Waals surface area contributed by atoms with Crippen molar-refractivity contribution >= 4 is 11.8 Å². The number of carbonyl (C=O) groups excluding carboxylic acids is 2. The average molecular weight is 328 g/mol. The maximum Gasteiger partial charge on any atom is 0.276 e. The van der Waals surface area contributed by atoms with Crippen molar-refractivity contribution in [2.45, 2.75) is 6.92 Å². The Balaban J connectivity index is 1.47. The molecule has 0 bridgehead atoms. The summed E-state index contributed by atoms with van der Waals surface area (Å²) in [4.78, 5) is 23.7. The summed E-state index contributed by atoms with van der Waals surface area (Å²) in [5.74, 6) is 0.735. The van der Waals surface area contributed by atoms with Crippen LogP contribution in [0, 0.1) is 6.92 Å². The summed E-state index contributed by atoms with van der Waals surface area (Å²) in [6.07, 6.45) is 0. The van der Waals surface area contributed by atoms with Crippen molar-refractivity contribution in [3.05, 3.63) is 53.6 Å². The van der Waals surface area contributed by atoms with Crippen LogP contribution in [0.1, 0.15) is 15.9 Å². The Kier molecular flexibility index (Phi) is 4.51. The zero-order valence-corrected chi connectivity index (χ0v) is 13.0. The average Bonchev–Trinajstić information content (AvgIpc) is 3.06. The summed E-state index contributed by atoms with van der Waals surface area (Å²) in [6.45, 7) is 1.89. The van der Waals surface area contributed by atoms with E-state index in [-0.39, 0.29) is 13.4 Å². The number of nitrogens with one attached hydrogen (secondary N) is 2. The van der Waals surface area contributed by atoms with Crippen molar-refractivity contribution in [1.82, 2.24) is 10.9 Å². The lowest BCUT2D eigenvalue weighted by molar-refractivity contribution is -0.123. The molecule has 1 heterocycles. The maximum absolute atomic E-state index is 12.0. The Bertz CT molecular complexity index is 758. The van der Waals surface area contributed by atoms with E-state index in [9.17, 15) is 9.59 Å². The maximum atomic E-state index is 12.0. The summed E-state index contributed by atoms with van der Waals surface area (Å²) >= 11 is 0. The summed E-state index contributed by atoms with van der Waals surface area (Å²) in [7, 11) is 0. The summed E-state index contributed by atoms with van der Waals surface area (Å²) < 4.78 is 15.7. The van der Waals surface area contributed by atoms with Gasteiger partial charge in [-0.25, -0.2) is 0 Å². The molecule has 7 nitrogen and oxygen atoms in total. The number of rotatable bonds is 4. The SMILES string of the molecule is Cc1ccc(OCC(=O)NNC(=O)c2ccc3c(c2)OCO3)cc1. The first kappa shape index (κ1) is 15.7. The van der Waals surface area contributed by atoms with E-state index < -0.39 is 11.8 Å². The Hall–Kier alpha value is -3.22. The van der Waals surface area contributed by atoms with Crippen LogP contribution in [0.5, 0.6) is 17.2 Å². The van der Waals surface area contributed by atoms with Crippen LogP contribution in [0.25, 0.3) is 0 Å². The standard InChI is InChI=1S/C17H16N2O5/c1-11-2-5-13(6-3-11)22-9-16(20)18-19-17(21)12-4-7-14-15(8-12)24-10-23-14/h2-8H,9-10H2,1H3,(H,18,20)(H,19,21). The fraction of sp³-hybridized carbons (Fsp3) is 0.176. The molecule has 0 atom stereocenters. The monoisotopic (exact) mass is 328 g/mol. The number of amides is 2. The Labute approximate surface area is 138 Å². The number of benzene rings is 2. The molecule has 0 spiro atoms. The fourth-order valence-corrected chi connectivity index (χ4v) is 2.06.